The second kappa shape index (κ2) is 8.98. The summed E-state index contributed by atoms with van der Waals surface area (Å²) in [5, 5.41) is 8.88. The van der Waals surface area contributed by atoms with Gasteiger partial charge < -0.3 is 19.2 Å². The van der Waals surface area contributed by atoms with E-state index in [0.29, 0.717) is 23.5 Å². The molecule has 1 N–H and O–H groups in total. The van der Waals surface area contributed by atoms with Gasteiger partial charge in [0.15, 0.2) is 0 Å². The van der Waals surface area contributed by atoms with Crippen molar-refractivity contribution < 1.29 is 28.2 Å². The minimum atomic E-state index is -1.08. The van der Waals surface area contributed by atoms with Crippen LogP contribution < -0.4 is 0 Å². The highest BCUT2D eigenvalue weighted by molar-refractivity contribution is 5.81. The van der Waals surface area contributed by atoms with E-state index in [-0.39, 0.29) is 37.8 Å². The zero-order chi connectivity index (χ0) is 18.2. The lowest BCUT2D eigenvalue weighted by molar-refractivity contribution is -0.144. The largest absolute Gasteiger partial charge is 0.480 e. The summed E-state index contributed by atoms with van der Waals surface area (Å²) in [6, 6.07) is 9.61. The van der Waals surface area contributed by atoms with E-state index in [2.05, 4.69) is 0 Å². The normalized spacial score (nSPS) is 10.6. The minimum Gasteiger partial charge on any atom is -0.480 e. The monoisotopic (exact) mass is 349 g/mol. The van der Waals surface area contributed by atoms with E-state index >= 15 is 0 Å². The van der Waals surface area contributed by atoms with Gasteiger partial charge in [0.1, 0.15) is 23.9 Å². The van der Waals surface area contributed by atoms with E-state index in [0.717, 1.165) is 0 Å². The van der Waals surface area contributed by atoms with E-state index in [4.69, 9.17) is 14.3 Å². The van der Waals surface area contributed by atoms with Gasteiger partial charge in [-0.05, 0) is 24.3 Å². The van der Waals surface area contributed by atoms with Crippen molar-refractivity contribution >= 4 is 11.9 Å². The molecule has 0 radical (unpaired) electrons. The fourth-order valence-electron chi connectivity index (χ4n) is 2.36. The molecule has 2 aromatic rings. The van der Waals surface area contributed by atoms with Crippen LogP contribution in [-0.2, 0) is 20.7 Å². The number of ether oxygens (including phenoxy) is 1. The third-order valence-corrected chi connectivity index (χ3v) is 3.63. The Labute approximate surface area is 144 Å². The zero-order valence-electron chi connectivity index (χ0n) is 13.9. The molecule has 0 aliphatic heterocycles. The summed E-state index contributed by atoms with van der Waals surface area (Å²) < 4.78 is 24.2. The molecule has 0 fully saturated rings. The van der Waals surface area contributed by atoms with Gasteiger partial charge in [-0.15, -0.1) is 0 Å². The van der Waals surface area contributed by atoms with Gasteiger partial charge in [0.2, 0.25) is 5.91 Å². The Morgan fingerprint density at radius 2 is 2.00 bits per heavy atom. The summed E-state index contributed by atoms with van der Waals surface area (Å²) in [5.41, 5.74) is 0.354. The number of amides is 1. The average Bonchev–Trinajstić information content (AvgIpc) is 3.05. The van der Waals surface area contributed by atoms with Crippen LogP contribution in [0.1, 0.15) is 12.2 Å². The van der Waals surface area contributed by atoms with Crippen LogP contribution in [0.3, 0.4) is 0 Å². The second-order valence-electron chi connectivity index (χ2n) is 5.45. The standard InChI is InChI=1S/C18H20FNO5/c1-24-11-10-20(12-18(22)23)17(21)9-7-13-6-8-16(25-13)14-4-2-3-5-15(14)19/h2-6,8H,7,9-12H2,1H3,(H,22,23). The number of hydrogen-bond donors (Lipinski definition) is 1. The topological polar surface area (TPSA) is 80.0 Å². The second-order valence-corrected chi connectivity index (χ2v) is 5.45. The Kier molecular flexibility index (Phi) is 6.71. The van der Waals surface area contributed by atoms with Crippen molar-refractivity contribution in [3.63, 3.8) is 0 Å². The third-order valence-electron chi connectivity index (χ3n) is 3.63. The maximum atomic E-state index is 13.8. The molecule has 0 aliphatic rings. The van der Waals surface area contributed by atoms with Crippen molar-refractivity contribution in [2.45, 2.75) is 12.8 Å². The van der Waals surface area contributed by atoms with Crippen molar-refractivity contribution in [2.75, 3.05) is 26.8 Å². The number of carbonyl (C=O) groups is 2. The Hall–Kier alpha value is -2.67. The van der Waals surface area contributed by atoms with Gasteiger partial charge in [0, 0.05) is 26.5 Å². The number of aliphatic carboxylic acids is 1. The predicted octanol–water partition coefficient (Wildman–Crippen LogP) is 2.58. The summed E-state index contributed by atoms with van der Waals surface area (Å²) in [6.07, 6.45) is 0.400. The average molecular weight is 349 g/mol. The van der Waals surface area contributed by atoms with E-state index in [1.165, 1.54) is 18.1 Å². The number of carboxylic acid groups (broad SMARTS) is 1. The number of aryl methyl sites for hydroxylation is 1. The minimum absolute atomic E-state index is 0.0984. The number of rotatable bonds is 9. The molecule has 0 unspecified atom stereocenters. The molecule has 1 aromatic carbocycles. The molecular weight excluding hydrogens is 329 g/mol. The van der Waals surface area contributed by atoms with Crippen LogP contribution in [0.25, 0.3) is 11.3 Å². The van der Waals surface area contributed by atoms with Gasteiger partial charge in [-0.3, -0.25) is 9.59 Å². The molecule has 0 atom stereocenters. The molecule has 7 heteroatoms. The van der Waals surface area contributed by atoms with Crippen molar-refractivity contribution in [1.82, 2.24) is 4.90 Å². The fourth-order valence-corrected chi connectivity index (χ4v) is 2.36. The molecule has 134 valence electrons. The molecule has 0 aliphatic carbocycles. The zero-order valence-corrected chi connectivity index (χ0v) is 13.9. The van der Waals surface area contributed by atoms with Crippen molar-refractivity contribution in [2.24, 2.45) is 0 Å². The number of furan rings is 1. The van der Waals surface area contributed by atoms with Crippen molar-refractivity contribution in [1.29, 1.82) is 0 Å². The Morgan fingerprint density at radius 1 is 1.24 bits per heavy atom. The summed E-state index contributed by atoms with van der Waals surface area (Å²) in [7, 11) is 1.48. The Morgan fingerprint density at radius 3 is 2.68 bits per heavy atom. The maximum absolute atomic E-state index is 13.8. The number of methoxy groups -OCH3 is 1. The van der Waals surface area contributed by atoms with E-state index in [9.17, 15) is 14.0 Å². The first-order valence-electron chi connectivity index (χ1n) is 7.83. The lowest BCUT2D eigenvalue weighted by atomic mass is 10.1. The van der Waals surface area contributed by atoms with E-state index in [1.807, 2.05) is 0 Å². The van der Waals surface area contributed by atoms with Crippen LogP contribution in [0.15, 0.2) is 40.8 Å². The first-order chi connectivity index (χ1) is 12.0. The lowest BCUT2D eigenvalue weighted by Gasteiger charge is -2.20. The Balaban J connectivity index is 1.97. The molecule has 0 saturated heterocycles. The van der Waals surface area contributed by atoms with Gasteiger partial charge in [0.05, 0.1) is 12.2 Å². The van der Waals surface area contributed by atoms with Crippen LogP contribution in [0.5, 0.6) is 0 Å². The molecule has 25 heavy (non-hydrogen) atoms. The first-order valence-corrected chi connectivity index (χ1v) is 7.83. The van der Waals surface area contributed by atoms with Crippen LogP contribution in [0.4, 0.5) is 4.39 Å². The van der Waals surface area contributed by atoms with Gasteiger partial charge in [0.25, 0.3) is 0 Å². The summed E-state index contributed by atoms with van der Waals surface area (Å²) >= 11 is 0. The number of carboxylic acids is 1. The molecular formula is C18H20FNO5. The predicted molar refractivity (Wildman–Crippen MR) is 88.5 cm³/mol. The van der Waals surface area contributed by atoms with Crippen molar-refractivity contribution in [3.05, 3.63) is 48.0 Å². The van der Waals surface area contributed by atoms with Crippen LogP contribution in [-0.4, -0.2) is 48.7 Å². The highest BCUT2D eigenvalue weighted by atomic mass is 19.1. The highest BCUT2D eigenvalue weighted by Gasteiger charge is 2.17. The smallest absolute Gasteiger partial charge is 0.323 e. The highest BCUT2D eigenvalue weighted by Crippen LogP contribution is 2.25. The molecule has 6 nitrogen and oxygen atoms in total. The molecule has 1 amide bonds. The number of halogens is 1. The fraction of sp³-hybridized carbons (Fsp3) is 0.333. The van der Waals surface area contributed by atoms with Crippen molar-refractivity contribution in [3.8, 4) is 11.3 Å². The van der Waals surface area contributed by atoms with E-state index in [1.54, 1.807) is 30.3 Å². The molecule has 0 spiro atoms. The third kappa shape index (κ3) is 5.42. The van der Waals surface area contributed by atoms with E-state index < -0.39 is 5.97 Å². The molecule has 0 saturated carbocycles. The molecule has 0 bridgehead atoms. The van der Waals surface area contributed by atoms with Crippen LogP contribution in [0, 0.1) is 5.82 Å². The lowest BCUT2D eigenvalue weighted by Crippen LogP contribution is -2.38. The maximum Gasteiger partial charge on any atom is 0.323 e. The van der Waals surface area contributed by atoms with Gasteiger partial charge >= 0.3 is 5.97 Å². The molecule has 1 aromatic heterocycles. The quantitative estimate of drug-likeness (QED) is 0.753. The SMILES string of the molecule is COCCN(CC(=O)O)C(=O)CCc1ccc(-c2ccccc2F)o1. The van der Waals surface area contributed by atoms with Crippen LogP contribution in [0.2, 0.25) is 0 Å². The summed E-state index contributed by atoms with van der Waals surface area (Å²) in [6.45, 7) is 0.0955. The number of carbonyl (C=O) groups excluding carboxylic acids is 1. The number of benzene rings is 1. The first kappa shape index (κ1) is 18.7. The number of nitrogens with zero attached hydrogens (tertiary/aromatic N) is 1. The summed E-state index contributed by atoms with van der Waals surface area (Å²) in [5.74, 6) is -0.838. The van der Waals surface area contributed by atoms with Gasteiger partial charge in [-0.2, -0.15) is 0 Å². The molecule has 1 heterocycles. The Bertz CT molecular complexity index is 728. The summed E-state index contributed by atoms with van der Waals surface area (Å²) in [4.78, 5) is 24.3. The molecule has 2 rings (SSSR count). The van der Waals surface area contributed by atoms with Gasteiger partial charge in [-0.25, -0.2) is 4.39 Å². The number of hydrogen-bond acceptors (Lipinski definition) is 4. The van der Waals surface area contributed by atoms with Gasteiger partial charge in [-0.1, -0.05) is 12.1 Å². The van der Waals surface area contributed by atoms with Crippen LogP contribution >= 0.6 is 0 Å².